The quantitative estimate of drug-likeness (QED) is 0.0364. The molecule has 1 saturated heterocycles. The van der Waals surface area contributed by atoms with Gasteiger partial charge in [0.2, 0.25) is 18.0 Å². The largest absolute Gasteiger partial charge is 0.490 e. The Morgan fingerprint density at radius 3 is 2.35 bits per heavy atom. The van der Waals surface area contributed by atoms with E-state index in [0.29, 0.717) is 50.4 Å². The van der Waals surface area contributed by atoms with Crippen molar-refractivity contribution in [1.29, 1.82) is 0 Å². The van der Waals surface area contributed by atoms with E-state index in [4.69, 9.17) is 33.7 Å². The Balaban J connectivity index is 1.64. The molecule has 1 amide bonds. The van der Waals surface area contributed by atoms with Gasteiger partial charge >= 0.3 is 0 Å². The molecule has 3 N–H and O–H groups in total. The molecule has 2 aliphatic carbocycles. The normalized spacial score (nSPS) is 25.7. The number of nitrogens with zero attached hydrogens (tertiary/aromatic N) is 2. The first-order valence-corrected chi connectivity index (χ1v) is 24.5. The fourth-order valence-electron chi connectivity index (χ4n) is 10.3. The summed E-state index contributed by atoms with van der Waals surface area (Å²) in [6, 6.07) is 5.33. The number of ether oxygens (including phenoxy) is 5. The Morgan fingerprint density at radius 1 is 0.905 bits per heavy atom. The summed E-state index contributed by atoms with van der Waals surface area (Å²) in [5.41, 5.74) is 2.72. The van der Waals surface area contributed by atoms with Crippen molar-refractivity contribution in [2.24, 2.45) is 22.9 Å². The summed E-state index contributed by atoms with van der Waals surface area (Å²) in [5.74, 6) is -0.379. The molecule has 12 nitrogen and oxygen atoms in total. The standard InChI is InChI=1S/C51H80N2O10/c1-4-7-8-9-10-11-12-13-14-23-47(57)53(27-34-58-35-30-56)46-38-44(52-63-48-24-17-20-33-60-48)42-36-39(21-15-18-28-54)41(22-16-19-29-55)49-43-37-40(59-31-5-2)25-26-45(43)62-51(46,50(42)49)61-32-6-3/h5-6,25-26,36-37,39,41,46,48-50,54-56H,2-4,7-24,27-35,38H2,1H3/t39-,41+,46-,48?,49+,50+,51+/m0/s1. The van der Waals surface area contributed by atoms with E-state index in [-0.39, 0.29) is 69.8 Å². The second-order valence-corrected chi connectivity index (χ2v) is 17.8. The van der Waals surface area contributed by atoms with Crippen LogP contribution in [0.15, 0.2) is 60.3 Å². The van der Waals surface area contributed by atoms with Crippen LogP contribution in [0.1, 0.15) is 147 Å². The number of fused-ring (bicyclic) bond motifs is 2. The lowest BCUT2D eigenvalue weighted by Gasteiger charge is -2.60. The monoisotopic (exact) mass is 881 g/mol. The third-order valence-electron chi connectivity index (χ3n) is 13.3. The second-order valence-electron chi connectivity index (χ2n) is 17.8. The van der Waals surface area contributed by atoms with Crippen LogP contribution >= 0.6 is 0 Å². The van der Waals surface area contributed by atoms with Gasteiger partial charge in [-0.2, -0.15) is 0 Å². The van der Waals surface area contributed by atoms with Crippen molar-refractivity contribution in [2.75, 3.05) is 59.4 Å². The molecule has 2 fully saturated rings. The van der Waals surface area contributed by atoms with Crippen molar-refractivity contribution in [3.63, 3.8) is 0 Å². The van der Waals surface area contributed by atoms with Gasteiger partial charge in [0.15, 0.2) is 0 Å². The molecule has 2 aliphatic heterocycles. The number of rotatable bonds is 32. The molecule has 7 atom stereocenters. The molecule has 4 aliphatic rings. The average Bonchev–Trinajstić information content (AvgIpc) is 3.30. The number of hydrogen-bond acceptors (Lipinski definition) is 11. The minimum Gasteiger partial charge on any atom is -0.490 e. The van der Waals surface area contributed by atoms with Crippen LogP contribution in [0.4, 0.5) is 0 Å². The van der Waals surface area contributed by atoms with Crippen LogP contribution in [0.5, 0.6) is 11.5 Å². The van der Waals surface area contributed by atoms with Gasteiger partial charge in [0.1, 0.15) is 24.1 Å². The Morgan fingerprint density at radius 2 is 1.65 bits per heavy atom. The van der Waals surface area contributed by atoms with Crippen molar-refractivity contribution in [1.82, 2.24) is 4.90 Å². The number of aliphatic hydroxyl groups is 3. The SMILES string of the molecule is C=CCOc1ccc2c(c1)[C@H]1[C@H](CCCCO)[C@@H](CCCCO)C=C3C(=NOC4CCCCO4)C[C@H](N(CCOCCO)C(=O)CCCCCCCCCCC)[C@@](OCC=C)(O2)[C@H]31. The summed E-state index contributed by atoms with van der Waals surface area (Å²) in [6.45, 7) is 12.1. The molecule has 12 heteroatoms. The van der Waals surface area contributed by atoms with Crippen molar-refractivity contribution in [3.05, 3.63) is 60.7 Å². The third kappa shape index (κ3) is 14.1. The summed E-state index contributed by atoms with van der Waals surface area (Å²) < 4.78 is 32.6. The number of carbonyl (C=O) groups excluding carboxylic acids is 1. The van der Waals surface area contributed by atoms with E-state index in [0.717, 1.165) is 81.1 Å². The third-order valence-corrected chi connectivity index (χ3v) is 13.3. The number of benzene rings is 1. The fraction of sp³-hybridized carbons (Fsp3) is 0.725. The lowest BCUT2D eigenvalue weighted by molar-refractivity contribution is -0.258. The first-order chi connectivity index (χ1) is 31.0. The first-order valence-electron chi connectivity index (χ1n) is 24.5. The maximum absolute atomic E-state index is 14.9. The predicted octanol–water partition coefficient (Wildman–Crippen LogP) is 9.17. The van der Waals surface area contributed by atoms with Gasteiger partial charge in [-0.25, -0.2) is 0 Å². The van der Waals surface area contributed by atoms with Crippen molar-refractivity contribution in [3.8, 4) is 11.5 Å². The predicted molar refractivity (Wildman–Crippen MR) is 247 cm³/mol. The molecule has 1 aromatic carbocycles. The molecule has 2 heterocycles. The Labute approximate surface area is 378 Å². The number of amides is 1. The molecule has 63 heavy (non-hydrogen) atoms. The molecule has 0 bridgehead atoms. The zero-order valence-corrected chi connectivity index (χ0v) is 38.4. The highest BCUT2D eigenvalue weighted by molar-refractivity contribution is 6.03. The summed E-state index contributed by atoms with van der Waals surface area (Å²) in [7, 11) is 0. The van der Waals surface area contributed by atoms with Gasteiger partial charge in [-0.05, 0) is 80.6 Å². The Kier molecular flexibility index (Phi) is 22.5. The molecule has 5 rings (SSSR count). The average molecular weight is 881 g/mol. The summed E-state index contributed by atoms with van der Waals surface area (Å²) in [4.78, 5) is 23.1. The van der Waals surface area contributed by atoms with Gasteiger partial charge in [-0.15, -0.1) is 6.58 Å². The minimum absolute atomic E-state index is 0.00302. The summed E-state index contributed by atoms with van der Waals surface area (Å²) >= 11 is 0. The minimum atomic E-state index is -1.36. The number of carbonyl (C=O) groups is 1. The Hall–Kier alpha value is -3.26. The Bertz CT molecular complexity index is 1580. The number of hydrogen-bond donors (Lipinski definition) is 3. The van der Waals surface area contributed by atoms with E-state index in [2.05, 4.69) is 32.2 Å². The first kappa shape index (κ1) is 50.7. The van der Waals surface area contributed by atoms with Crippen LogP contribution in [0.3, 0.4) is 0 Å². The van der Waals surface area contributed by atoms with Crippen LogP contribution in [0.2, 0.25) is 0 Å². The topological polar surface area (TPSA) is 149 Å². The molecular weight excluding hydrogens is 801 g/mol. The number of aliphatic hydroxyl groups excluding tert-OH is 3. The molecular formula is C51H80N2O10. The van der Waals surface area contributed by atoms with Crippen LogP contribution in [-0.2, 0) is 23.8 Å². The van der Waals surface area contributed by atoms with E-state index in [1.807, 2.05) is 17.0 Å². The van der Waals surface area contributed by atoms with Gasteiger partial charge in [-0.1, -0.05) is 101 Å². The molecule has 0 radical (unpaired) electrons. The van der Waals surface area contributed by atoms with Gasteiger partial charge in [0.25, 0.3) is 0 Å². The number of unbranched alkanes of at least 4 members (excludes halogenated alkanes) is 10. The number of oxime groups is 1. The maximum Gasteiger partial charge on any atom is 0.239 e. The highest BCUT2D eigenvalue weighted by Gasteiger charge is 2.65. The highest BCUT2D eigenvalue weighted by Crippen LogP contribution is 2.62. The van der Waals surface area contributed by atoms with Crippen molar-refractivity contribution >= 4 is 11.6 Å². The van der Waals surface area contributed by atoms with Gasteiger partial charge in [0.05, 0.1) is 44.7 Å². The smallest absolute Gasteiger partial charge is 0.239 e. The number of allylic oxidation sites excluding steroid dienone is 1. The maximum atomic E-state index is 14.9. The molecule has 0 aromatic heterocycles. The van der Waals surface area contributed by atoms with Crippen LogP contribution in [0.25, 0.3) is 0 Å². The summed E-state index contributed by atoms with van der Waals surface area (Å²) in [6.07, 6.45) is 23.8. The van der Waals surface area contributed by atoms with E-state index < -0.39 is 24.0 Å². The van der Waals surface area contributed by atoms with Crippen molar-refractivity contribution in [2.45, 2.75) is 159 Å². The van der Waals surface area contributed by atoms with Crippen LogP contribution < -0.4 is 9.47 Å². The van der Waals surface area contributed by atoms with Gasteiger partial charge in [0, 0.05) is 50.5 Å². The van der Waals surface area contributed by atoms with E-state index in [1.165, 1.54) is 38.5 Å². The summed E-state index contributed by atoms with van der Waals surface area (Å²) in [5, 5.41) is 34.5. The molecule has 0 spiro atoms. The molecule has 1 saturated carbocycles. The second kappa shape index (κ2) is 27.9. The van der Waals surface area contributed by atoms with Gasteiger partial charge in [-0.3, -0.25) is 4.79 Å². The zero-order chi connectivity index (χ0) is 44.7. The van der Waals surface area contributed by atoms with E-state index in [1.54, 1.807) is 12.2 Å². The van der Waals surface area contributed by atoms with E-state index >= 15 is 0 Å². The zero-order valence-electron chi connectivity index (χ0n) is 38.4. The van der Waals surface area contributed by atoms with E-state index in [9.17, 15) is 20.1 Å². The highest BCUT2D eigenvalue weighted by atomic mass is 16.8. The fourth-order valence-corrected chi connectivity index (χ4v) is 10.3. The molecule has 1 aromatic rings. The lowest BCUT2D eigenvalue weighted by Crippen LogP contribution is -2.70. The van der Waals surface area contributed by atoms with Crippen LogP contribution in [0, 0.1) is 17.8 Å². The molecule has 354 valence electrons. The lowest BCUT2D eigenvalue weighted by atomic mass is 9.55. The van der Waals surface area contributed by atoms with Gasteiger partial charge < -0.3 is 48.7 Å². The molecule has 1 unspecified atom stereocenters. The van der Waals surface area contributed by atoms with Crippen LogP contribution in [-0.4, -0.2) is 109 Å². The van der Waals surface area contributed by atoms with Crippen molar-refractivity contribution < 1.29 is 48.6 Å².